The van der Waals surface area contributed by atoms with Gasteiger partial charge in [0.2, 0.25) is 0 Å². The van der Waals surface area contributed by atoms with Gasteiger partial charge >= 0.3 is 0 Å². The van der Waals surface area contributed by atoms with Crippen LogP contribution in [0.4, 0.5) is 0 Å². The van der Waals surface area contributed by atoms with E-state index >= 15 is 0 Å². The second-order valence-corrected chi connectivity index (χ2v) is 8.69. The lowest BCUT2D eigenvalue weighted by Gasteiger charge is -2.06. The number of rotatable bonds is 1. The van der Waals surface area contributed by atoms with Crippen molar-refractivity contribution in [2.45, 2.75) is 32.5 Å². The van der Waals surface area contributed by atoms with Crippen LogP contribution in [0.5, 0.6) is 0 Å². The lowest BCUT2D eigenvalue weighted by atomic mass is 10.7. The molecular weight excluding hydrogens is 112 g/mol. The van der Waals surface area contributed by atoms with E-state index in [0.717, 1.165) is 0 Å². The fourth-order valence-electron chi connectivity index (χ4n) is 0.829. The second-order valence-electron chi connectivity index (χ2n) is 3.67. The molecule has 0 aromatic rings. The van der Waals surface area contributed by atoms with Crippen LogP contribution in [0.15, 0.2) is 11.3 Å². The van der Waals surface area contributed by atoms with Gasteiger partial charge in [0.25, 0.3) is 0 Å². The Labute approximate surface area is 52.6 Å². The molecule has 0 aromatic heterocycles. The van der Waals surface area contributed by atoms with Crippen LogP contribution >= 0.6 is 0 Å². The third kappa shape index (κ3) is 2.31. The van der Waals surface area contributed by atoms with Gasteiger partial charge in [-0.2, -0.15) is 0 Å². The van der Waals surface area contributed by atoms with Gasteiger partial charge < -0.3 is 0 Å². The Balaban J connectivity index is 2.48. The molecule has 0 bridgehead atoms. The summed E-state index contributed by atoms with van der Waals surface area (Å²) in [6, 6.07) is 0. The molecule has 0 aromatic carbocycles. The normalized spacial score (nSPS) is 18.6. The molecule has 0 unspecified atom stereocenters. The van der Waals surface area contributed by atoms with Crippen LogP contribution in [0, 0.1) is 0 Å². The van der Waals surface area contributed by atoms with Crippen molar-refractivity contribution in [2.24, 2.45) is 0 Å². The molecule has 0 nitrogen and oxygen atoms in total. The Morgan fingerprint density at radius 2 is 1.75 bits per heavy atom. The Bertz CT molecular complexity index is 111. The molecule has 1 saturated carbocycles. The Hall–Kier alpha value is -0.0431. The monoisotopic (exact) mass is 126 g/mol. The highest BCUT2D eigenvalue weighted by molar-refractivity contribution is 6.81. The number of hydrogen-bond donors (Lipinski definition) is 0. The second kappa shape index (κ2) is 1.73. The summed E-state index contributed by atoms with van der Waals surface area (Å²) in [5.74, 6) is 0. The smallest absolute Gasteiger partial charge is 0.0686 e. The largest absolute Gasteiger partial charge is 0.0958 e. The maximum atomic E-state index is 2.52. The highest BCUT2D eigenvalue weighted by atomic mass is 28.3. The van der Waals surface area contributed by atoms with Crippen LogP contribution in [0.1, 0.15) is 12.8 Å². The van der Waals surface area contributed by atoms with Gasteiger partial charge in [-0.15, -0.1) is 0 Å². The first-order chi connectivity index (χ1) is 3.58. The van der Waals surface area contributed by atoms with Crippen molar-refractivity contribution < 1.29 is 0 Å². The molecule has 1 aliphatic rings. The molecule has 0 atom stereocenters. The molecule has 0 radical (unpaired) electrons. The average molecular weight is 126 g/mol. The standard InChI is InChI=1S/C7H14Si/c1-8(2,3)6-7-4-5-7/h6H,4-5H2,1-3H3. The summed E-state index contributed by atoms with van der Waals surface area (Å²) in [5.41, 5.74) is 4.23. The van der Waals surface area contributed by atoms with E-state index in [-0.39, 0.29) is 0 Å². The molecule has 0 heterocycles. The van der Waals surface area contributed by atoms with E-state index in [2.05, 4.69) is 25.3 Å². The minimum atomic E-state index is -0.820. The molecule has 1 rings (SSSR count). The van der Waals surface area contributed by atoms with Crippen LogP contribution in [-0.2, 0) is 0 Å². The molecule has 0 spiro atoms. The first kappa shape index (κ1) is 6.08. The first-order valence-corrected chi connectivity index (χ1v) is 6.86. The average Bonchev–Trinajstić information content (AvgIpc) is 2.12. The quantitative estimate of drug-likeness (QED) is 0.474. The summed E-state index contributed by atoms with van der Waals surface area (Å²) in [7, 11) is -0.820. The molecular formula is C7H14Si. The summed E-state index contributed by atoms with van der Waals surface area (Å²) in [5, 5.41) is 0. The molecule has 1 heteroatoms. The van der Waals surface area contributed by atoms with E-state index in [1.165, 1.54) is 12.8 Å². The predicted octanol–water partition coefficient (Wildman–Crippen LogP) is 2.58. The van der Waals surface area contributed by atoms with Gasteiger partial charge in [0.1, 0.15) is 0 Å². The van der Waals surface area contributed by atoms with E-state index in [4.69, 9.17) is 0 Å². The Kier molecular flexibility index (Phi) is 1.31. The summed E-state index contributed by atoms with van der Waals surface area (Å²) in [4.78, 5) is 0. The molecule has 0 saturated heterocycles. The van der Waals surface area contributed by atoms with Crippen molar-refractivity contribution in [3.63, 3.8) is 0 Å². The van der Waals surface area contributed by atoms with Gasteiger partial charge in [-0.25, -0.2) is 0 Å². The third-order valence-electron chi connectivity index (χ3n) is 1.18. The zero-order valence-corrected chi connectivity index (χ0v) is 6.99. The fourth-order valence-corrected chi connectivity index (χ4v) is 2.34. The lowest BCUT2D eigenvalue weighted by molar-refractivity contribution is 1.50. The topological polar surface area (TPSA) is 0 Å². The van der Waals surface area contributed by atoms with Gasteiger partial charge in [-0.05, 0) is 12.8 Å². The summed E-state index contributed by atoms with van der Waals surface area (Å²) in [6.45, 7) is 7.16. The van der Waals surface area contributed by atoms with E-state index in [9.17, 15) is 0 Å². The zero-order chi connectivity index (χ0) is 6.20. The van der Waals surface area contributed by atoms with Gasteiger partial charge in [0, 0.05) is 0 Å². The van der Waals surface area contributed by atoms with Crippen LogP contribution in [0.2, 0.25) is 19.6 Å². The minimum absolute atomic E-state index is 0.820. The number of allylic oxidation sites excluding steroid dienone is 1. The molecule has 46 valence electrons. The van der Waals surface area contributed by atoms with E-state index in [1.807, 2.05) is 0 Å². The van der Waals surface area contributed by atoms with Gasteiger partial charge in [0.05, 0.1) is 8.07 Å². The lowest BCUT2D eigenvalue weighted by Crippen LogP contribution is -2.15. The molecule has 8 heavy (non-hydrogen) atoms. The van der Waals surface area contributed by atoms with Gasteiger partial charge in [-0.1, -0.05) is 30.9 Å². The third-order valence-corrected chi connectivity index (χ3v) is 2.45. The molecule has 0 N–H and O–H groups in total. The van der Waals surface area contributed by atoms with Crippen molar-refractivity contribution >= 4 is 8.07 Å². The maximum Gasteiger partial charge on any atom is 0.0686 e. The van der Waals surface area contributed by atoms with Crippen LogP contribution in [-0.4, -0.2) is 8.07 Å². The van der Waals surface area contributed by atoms with Gasteiger partial charge in [-0.3, -0.25) is 0 Å². The summed E-state index contributed by atoms with van der Waals surface area (Å²) >= 11 is 0. The van der Waals surface area contributed by atoms with Crippen molar-refractivity contribution in [1.29, 1.82) is 0 Å². The van der Waals surface area contributed by atoms with Crippen molar-refractivity contribution in [2.75, 3.05) is 0 Å². The van der Waals surface area contributed by atoms with Crippen molar-refractivity contribution in [1.82, 2.24) is 0 Å². The minimum Gasteiger partial charge on any atom is -0.0958 e. The summed E-state index contributed by atoms with van der Waals surface area (Å²) < 4.78 is 0. The van der Waals surface area contributed by atoms with Crippen molar-refractivity contribution in [3.8, 4) is 0 Å². The van der Waals surface area contributed by atoms with Crippen LogP contribution in [0.25, 0.3) is 0 Å². The van der Waals surface area contributed by atoms with Crippen molar-refractivity contribution in [3.05, 3.63) is 11.3 Å². The number of hydrogen-bond acceptors (Lipinski definition) is 0. The molecule has 1 aliphatic carbocycles. The Morgan fingerprint density at radius 3 is 1.88 bits per heavy atom. The summed E-state index contributed by atoms with van der Waals surface area (Å²) in [6.07, 6.45) is 2.79. The van der Waals surface area contributed by atoms with Gasteiger partial charge in [0.15, 0.2) is 0 Å². The van der Waals surface area contributed by atoms with E-state index in [0.29, 0.717) is 0 Å². The van der Waals surface area contributed by atoms with E-state index < -0.39 is 8.07 Å². The fraction of sp³-hybridized carbons (Fsp3) is 0.714. The van der Waals surface area contributed by atoms with E-state index in [1.54, 1.807) is 5.57 Å². The first-order valence-electron chi connectivity index (χ1n) is 3.28. The van der Waals surface area contributed by atoms with Crippen LogP contribution in [0.3, 0.4) is 0 Å². The highest BCUT2D eigenvalue weighted by Crippen LogP contribution is 2.29. The highest BCUT2D eigenvalue weighted by Gasteiger charge is 2.16. The molecule has 0 aliphatic heterocycles. The molecule has 0 amide bonds. The zero-order valence-electron chi connectivity index (χ0n) is 5.99. The molecule has 1 fully saturated rings. The SMILES string of the molecule is C[Si](C)(C)C=C1CC1. The predicted molar refractivity (Wildman–Crippen MR) is 40.7 cm³/mol. The maximum absolute atomic E-state index is 2.52. The van der Waals surface area contributed by atoms with Crippen LogP contribution < -0.4 is 0 Å². The Morgan fingerprint density at radius 1 is 1.25 bits per heavy atom.